The number of rotatable bonds is 1. The first kappa shape index (κ1) is 11.7. The second kappa shape index (κ2) is 4.69. The van der Waals surface area contributed by atoms with E-state index >= 15 is 0 Å². The molecule has 0 radical (unpaired) electrons. The van der Waals surface area contributed by atoms with Gasteiger partial charge < -0.3 is 4.90 Å². The number of amides is 1. The lowest BCUT2D eigenvalue weighted by Gasteiger charge is -2.13. The van der Waals surface area contributed by atoms with Gasteiger partial charge in [-0.15, -0.1) is 11.3 Å². The van der Waals surface area contributed by atoms with E-state index in [-0.39, 0.29) is 5.91 Å². The topological polar surface area (TPSA) is 33.2 Å². The molecule has 0 saturated carbocycles. The largest absolute Gasteiger partial charge is 0.346 e. The van der Waals surface area contributed by atoms with Gasteiger partial charge in [0.25, 0.3) is 0 Å². The van der Waals surface area contributed by atoms with E-state index in [4.69, 9.17) is 0 Å². The first-order valence-electron chi connectivity index (χ1n) is 6.33. The fourth-order valence-corrected chi connectivity index (χ4v) is 3.55. The fraction of sp³-hybridized carbons (Fsp3) is 0.429. The summed E-state index contributed by atoms with van der Waals surface area (Å²) in [6, 6.07) is 8.19. The van der Waals surface area contributed by atoms with Crippen LogP contribution in [0.1, 0.15) is 30.2 Å². The maximum atomic E-state index is 11.9. The Kier molecular flexibility index (Phi) is 3.04. The van der Waals surface area contributed by atoms with E-state index in [1.54, 1.807) is 11.3 Å². The fourth-order valence-electron chi connectivity index (χ4n) is 2.44. The molecule has 0 bridgehead atoms. The van der Waals surface area contributed by atoms with Crippen LogP contribution in [-0.4, -0.2) is 29.4 Å². The smallest absolute Gasteiger partial charge is 0.223 e. The van der Waals surface area contributed by atoms with Crippen molar-refractivity contribution in [1.82, 2.24) is 9.88 Å². The predicted molar refractivity (Wildman–Crippen MR) is 73.8 cm³/mol. The molecule has 4 heteroatoms. The molecule has 1 atom stereocenters. The van der Waals surface area contributed by atoms with Crippen LogP contribution in [0.3, 0.4) is 0 Å². The Morgan fingerprint density at radius 2 is 2.22 bits per heavy atom. The molecule has 3 rings (SSSR count). The standard InChI is InChI=1S/C14H16N2OS/c1-16-8-4-5-10(9-13(16)17)14-15-11-6-2-3-7-12(11)18-14/h2-3,6-7,10H,4-5,8-9H2,1H3. The molecule has 1 aromatic heterocycles. The van der Waals surface area contributed by atoms with Crippen LogP contribution in [0.25, 0.3) is 10.2 Å². The molecule has 1 fully saturated rings. The Hall–Kier alpha value is -1.42. The molecule has 1 aliphatic rings. The lowest BCUT2D eigenvalue weighted by atomic mass is 10.0. The van der Waals surface area contributed by atoms with Crippen molar-refractivity contribution in [2.45, 2.75) is 25.2 Å². The van der Waals surface area contributed by atoms with Crippen LogP contribution in [0, 0.1) is 0 Å². The predicted octanol–water partition coefficient (Wildman–Crippen LogP) is 3.02. The summed E-state index contributed by atoms with van der Waals surface area (Å²) >= 11 is 1.73. The second-order valence-electron chi connectivity index (χ2n) is 4.88. The minimum Gasteiger partial charge on any atom is -0.346 e. The summed E-state index contributed by atoms with van der Waals surface area (Å²) in [5.74, 6) is 0.552. The highest BCUT2D eigenvalue weighted by atomic mass is 32.1. The van der Waals surface area contributed by atoms with Crippen molar-refractivity contribution < 1.29 is 4.79 Å². The number of hydrogen-bond donors (Lipinski definition) is 0. The molecular formula is C14H16N2OS. The third kappa shape index (κ3) is 2.12. The molecule has 3 nitrogen and oxygen atoms in total. The summed E-state index contributed by atoms with van der Waals surface area (Å²) < 4.78 is 1.22. The molecule has 0 aliphatic carbocycles. The van der Waals surface area contributed by atoms with Crippen molar-refractivity contribution in [1.29, 1.82) is 0 Å². The Morgan fingerprint density at radius 1 is 1.39 bits per heavy atom. The molecule has 0 spiro atoms. The third-order valence-corrected chi connectivity index (χ3v) is 4.75. The van der Waals surface area contributed by atoms with E-state index in [0.717, 1.165) is 29.9 Å². The number of fused-ring (bicyclic) bond motifs is 1. The van der Waals surface area contributed by atoms with Crippen molar-refractivity contribution in [3.8, 4) is 0 Å². The minimum atomic E-state index is 0.247. The molecule has 18 heavy (non-hydrogen) atoms. The first-order chi connectivity index (χ1) is 8.74. The average Bonchev–Trinajstić information content (AvgIpc) is 2.73. The number of carbonyl (C=O) groups is 1. The van der Waals surface area contributed by atoms with Crippen molar-refractivity contribution in [2.75, 3.05) is 13.6 Å². The van der Waals surface area contributed by atoms with Gasteiger partial charge in [0.05, 0.1) is 15.2 Å². The van der Waals surface area contributed by atoms with Crippen LogP contribution in [0.2, 0.25) is 0 Å². The summed E-state index contributed by atoms with van der Waals surface area (Å²) in [6.07, 6.45) is 2.75. The summed E-state index contributed by atoms with van der Waals surface area (Å²) in [5.41, 5.74) is 1.06. The van der Waals surface area contributed by atoms with Crippen LogP contribution < -0.4 is 0 Å². The van der Waals surface area contributed by atoms with E-state index in [0.29, 0.717) is 12.3 Å². The summed E-state index contributed by atoms with van der Waals surface area (Å²) in [5, 5.41) is 1.12. The summed E-state index contributed by atoms with van der Waals surface area (Å²) in [6.45, 7) is 0.875. The van der Waals surface area contributed by atoms with Gasteiger partial charge in [0, 0.05) is 25.9 Å². The zero-order valence-electron chi connectivity index (χ0n) is 10.4. The SMILES string of the molecule is CN1CCCC(c2nc3ccccc3s2)CC1=O. The second-order valence-corrected chi connectivity index (χ2v) is 5.94. The van der Waals surface area contributed by atoms with Crippen molar-refractivity contribution in [3.63, 3.8) is 0 Å². The minimum absolute atomic E-state index is 0.247. The van der Waals surface area contributed by atoms with E-state index in [1.807, 2.05) is 30.1 Å². The van der Waals surface area contributed by atoms with Crippen molar-refractivity contribution in [3.05, 3.63) is 29.3 Å². The van der Waals surface area contributed by atoms with Crippen molar-refractivity contribution >= 4 is 27.5 Å². The Bertz CT molecular complexity index is 545. The number of para-hydroxylation sites is 1. The molecular weight excluding hydrogens is 244 g/mol. The highest BCUT2D eigenvalue weighted by Crippen LogP contribution is 2.33. The number of benzene rings is 1. The average molecular weight is 260 g/mol. The maximum Gasteiger partial charge on any atom is 0.223 e. The van der Waals surface area contributed by atoms with E-state index < -0.39 is 0 Å². The normalized spacial score (nSPS) is 21.3. The molecule has 2 heterocycles. The van der Waals surface area contributed by atoms with E-state index in [2.05, 4.69) is 11.1 Å². The van der Waals surface area contributed by atoms with Gasteiger partial charge in [-0.1, -0.05) is 12.1 Å². The Morgan fingerprint density at radius 3 is 3.06 bits per heavy atom. The molecule has 1 saturated heterocycles. The first-order valence-corrected chi connectivity index (χ1v) is 7.15. The van der Waals surface area contributed by atoms with Gasteiger partial charge in [-0.25, -0.2) is 4.98 Å². The maximum absolute atomic E-state index is 11.9. The lowest BCUT2D eigenvalue weighted by molar-refractivity contribution is -0.129. The van der Waals surface area contributed by atoms with Crippen LogP contribution in [0.15, 0.2) is 24.3 Å². The van der Waals surface area contributed by atoms with Gasteiger partial charge in [0.2, 0.25) is 5.91 Å². The molecule has 1 aromatic carbocycles. The van der Waals surface area contributed by atoms with E-state index in [9.17, 15) is 4.79 Å². The van der Waals surface area contributed by atoms with Gasteiger partial charge in [-0.3, -0.25) is 4.79 Å². The van der Waals surface area contributed by atoms with Crippen LogP contribution in [0.5, 0.6) is 0 Å². The number of aromatic nitrogens is 1. The van der Waals surface area contributed by atoms with Gasteiger partial charge in [0.15, 0.2) is 0 Å². The van der Waals surface area contributed by atoms with Crippen LogP contribution in [0.4, 0.5) is 0 Å². The molecule has 1 unspecified atom stereocenters. The van der Waals surface area contributed by atoms with Gasteiger partial charge in [0.1, 0.15) is 0 Å². The van der Waals surface area contributed by atoms with Gasteiger partial charge in [-0.05, 0) is 25.0 Å². The third-order valence-electron chi connectivity index (χ3n) is 3.55. The molecule has 1 amide bonds. The zero-order valence-corrected chi connectivity index (χ0v) is 11.2. The highest BCUT2D eigenvalue weighted by Gasteiger charge is 2.24. The lowest BCUT2D eigenvalue weighted by Crippen LogP contribution is -2.25. The number of carbonyl (C=O) groups excluding carboxylic acids is 1. The highest BCUT2D eigenvalue weighted by molar-refractivity contribution is 7.18. The van der Waals surface area contributed by atoms with Crippen molar-refractivity contribution in [2.24, 2.45) is 0 Å². The number of likely N-dealkylation sites (tertiary alicyclic amines) is 1. The summed E-state index contributed by atoms with van der Waals surface area (Å²) in [4.78, 5) is 18.4. The molecule has 1 aliphatic heterocycles. The monoisotopic (exact) mass is 260 g/mol. The number of thiazole rings is 1. The van der Waals surface area contributed by atoms with Gasteiger partial charge in [-0.2, -0.15) is 0 Å². The Labute approximate surface area is 110 Å². The van der Waals surface area contributed by atoms with Crippen LogP contribution in [-0.2, 0) is 4.79 Å². The number of hydrogen-bond acceptors (Lipinski definition) is 3. The molecule has 2 aromatic rings. The zero-order chi connectivity index (χ0) is 12.5. The van der Waals surface area contributed by atoms with E-state index in [1.165, 1.54) is 4.70 Å². The molecule has 0 N–H and O–H groups in total. The Balaban J connectivity index is 1.91. The summed E-state index contributed by atoms with van der Waals surface area (Å²) in [7, 11) is 1.89. The van der Waals surface area contributed by atoms with Gasteiger partial charge >= 0.3 is 0 Å². The quantitative estimate of drug-likeness (QED) is 0.789. The number of nitrogens with zero attached hydrogens (tertiary/aromatic N) is 2. The molecule has 94 valence electrons. The van der Waals surface area contributed by atoms with Crippen LogP contribution >= 0.6 is 11.3 Å².